The average molecular weight is 331 g/mol. The molecule has 2 aliphatic rings. The van der Waals surface area contributed by atoms with Gasteiger partial charge < -0.3 is 20.3 Å². The predicted molar refractivity (Wildman–Crippen MR) is 92.1 cm³/mol. The Kier molecular flexibility index (Phi) is 5.82. The van der Waals surface area contributed by atoms with Gasteiger partial charge in [0.05, 0.1) is 6.61 Å². The lowest BCUT2D eigenvalue weighted by Crippen LogP contribution is -2.45. The standard InChI is InChI=1S/C18H25N3O3/c22-17(16-13-19-9-12-24-16)20-15-7-5-14(6-8-15)18(23)21-10-3-1-2-4-11-21/h5-8,16,19H,1-4,9-13H2,(H,20,22). The zero-order valence-electron chi connectivity index (χ0n) is 13.9. The molecule has 0 saturated carbocycles. The third-order valence-corrected chi connectivity index (χ3v) is 4.51. The fraction of sp³-hybridized carbons (Fsp3) is 0.556. The number of anilines is 1. The van der Waals surface area contributed by atoms with Crippen LogP contribution in [0, 0.1) is 0 Å². The molecule has 0 radical (unpaired) electrons. The van der Waals surface area contributed by atoms with Gasteiger partial charge in [-0.2, -0.15) is 0 Å². The minimum absolute atomic E-state index is 0.0783. The van der Waals surface area contributed by atoms with Crippen LogP contribution in [0.3, 0.4) is 0 Å². The van der Waals surface area contributed by atoms with Gasteiger partial charge in [-0.25, -0.2) is 0 Å². The van der Waals surface area contributed by atoms with Crippen molar-refractivity contribution >= 4 is 17.5 Å². The summed E-state index contributed by atoms with van der Waals surface area (Å²) in [6.45, 7) is 3.52. The maximum Gasteiger partial charge on any atom is 0.254 e. The fourth-order valence-corrected chi connectivity index (χ4v) is 3.11. The lowest BCUT2D eigenvalue weighted by molar-refractivity contribution is -0.128. The summed E-state index contributed by atoms with van der Waals surface area (Å²) < 4.78 is 5.43. The third-order valence-electron chi connectivity index (χ3n) is 4.51. The van der Waals surface area contributed by atoms with Crippen LogP contribution in [0.5, 0.6) is 0 Å². The molecule has 2 saturated heterocycles. The molecule has 0 aromatic heterocycles. The second kappa shape index (κ2) is 8.26. The van der Waals surface area contributed by atoms with Gasteiger partial charge >= 0.3 is 0 Å². The number of carbonyl (C=O) groups is 2. The molecule has 2 N–H and O–H groups in total. The molecule has 3 rings (SSSR count). The monoisotopic (exact) mass is 331 g/mol. The molecule has 1 aromatic carbocycles. The number of nitrogens with zero attached hydrogens (tertiary/aromatic N) is 1. The van der Waals surface area contributed by atoms with Crippen molar-refractivity contribution in [3.05, 3.63) is 29.8 Å². The average Bonchev–Trinajstić information content (AvgIpc) is 2.92. The van der Waals surface area contributed by atoms with Crippen LogP contribution in [0.2, 0.25) is 0 Å². The maximum absolute atomic E-state index is 12.5. The van der Waals surface area contributed by atoms with Gasteiger partial charge in [-0.15, -0.1) is 0 Å². The van der Waals surface area contributed by atoms with Gasteiger partial charge in [0.25, 0.3) is 11.8 Å². The largest absolute Gasteiger partial charge is 0.366 e. The van der Waals surface area contributed by atoms with Crippen molar-refractivity contribution in [1.29, 1.82) is 0 Å². The Morgan fingerprint density at radius 1 is 1.08 bits per heavy atom. The molecule has 2 fully saturated rings. The molecular formula is C18H25N3O3. The molecule has 24 heavy (non-hydrogen) atoms. The van der Waals surface area contributed by atoms with E-state index < -0.39 is 6.10 Å². The second-order valence-corrected chi connectivity index (χ2v) is 6.34. The molecular weight excluding hydrogens is 306 g/mol. The molecule has 1 aromatic rings. The number of ether oxygens (including phenoxy) is 1. The maximum atomic E-state index is 12.5. The number of nitrogens with one attached hydrogen (secondary N) is 2. The Morgan fingerprint density at radius 3 is 2.42 bits per heavy atom. The summed E-state index contributed by atoms with van der Waals surface area (Å²) in [4.78, 5) is 26.6. The van der Waals surface area contributed by atoms with Crippen LogP contribution in [0.15, 0.2) is 24.3 Å². The Balaban J connectivity index is 1.58. The van der Waals surface area contributed by atoms with Crippen molar-refractivity contribution < 1.29 is 14.3 Å². The molecule has 130 valence electrons. The van der Waals surface area contributed by atoms with Crippen molar-refractivity contribution in [1.82, 2.24) is 10.2 Å². The van der Waals surface area contributed by atoms with Gasteiger partial charge in [-0.1, -0.05) is 12.8 Å². The summed E-state index contributed by atoms with van der Waals surface area (Å²) in [7, 11) is 0. The van der Waals surface area contributed by atoms with Crippen molar-refractivity contribution in [3.63, 3.8) is 0 Å². The lowest BCUT2D eigenvalue weighted by atomic mass is 10.1. The van der Waals surface area contributed by atoms with Crippen molar-refractivity contribution in [2.24, 2.45) is 0 Å². The molecule has 1 atom stereocenters. The quantitative estimate of drug-likeness (QED) is 0.883. The first-order valence-electron chi connectivity index (χ1n) is 8.76. The molecule has 1 unspecified atom stereocenters. The number of hydrogen-bond acceptors (Lipinski definition) is 4. The van der Waals surface area contributed by atoms with Crippen LogP contribution in [0.4, 0.5) is 5.69 Å². The van der Waals surface area contributed by atoms with Crippen molar-refractivity contribution in [3.8, 4) is 0 Å². The number of hydrogen-bond donors (Lipinski definition) is 2. The minimum Gasteiger partial charge on any atom is -0.366 e. The van der Waals surface area contributed by atoms with Crippen LogP contribution in [0.25, 0.3) is 0 Å². The van der Waals surface area contributed by atoms with Gasteiger partial charge in [0.1, 0.15) is 6.10 Å². The Labute approximate surface area is 142 Å². The topological polar surface area (TPSA) is 70.7 Å². The minimum atomic E-state index is -0.461. The summed E-state index contributed by atoms with van der Waals surface area (Å²) in [6.07, 6.45) is 4.10. The van der Waals surface area contributed by atoms with Gasteiger partial charge in [0.2, 0.25) is 0 Å². The summed E-state index contributed by atoms with van der Waals surface area (Å²) in [6, 6.07) is 7.12. The zero-order chi connectivity index (χ0) is 16.8. The summed E-state index contributed by atoms with van der Waals surface area (Å²) in [5.41, 5.74) is 1.35. The number of benzene rings is 1. The van der Waals surface area contributed by atoms with Crippen LogP contribution in [0.1, 0.15) is 36.0 Å². The number of likely N-dealkylation sites (tertiary alicyclic amines) is 1. The Morgan fingerprint density at radius 2 is 1.79 bits per heavy atom. The first-order valence-corrected chi connectivity index (χ1v) is 8.76. The molecule has 0 spiro atoms. The molecule has 2 aliphatic heterocycles. The summed E-state index contributed by atoms with van der Waals surface area (Å²) in [5, 5.41) is 5.97. The highest BCUT2D eigenvalue weighted by Gasteiger charge is 2.22. The molecule has 6 heteroatoms. The van der Waals surface area contributed by atoms with E-state index in [0.29, 0.717) is 24.4 Å². The van der Waals surface area contributed by atoms with E-state index in [9.17, 15) is 9.59 Å². The fourth-order valence-electron chi connectivity index (χ4n) is 3.11. The van der Waals surface area contributed by atoms with Gasteiger partial charge in [-0.05, 0) is 37.1 Å². The van der Waals surface area contributed by atoms with Crippen LogP contribution in [-0.4, -0.2) is 55.6 Å². The molecule has 0 aliphatic carbocycles. The zero-order valence-corrected chi connectivity index (χ0v) is 13.9. The molecule has 0 bridgehead atoms. The van der Waals surface area contributed by atoms with Gasteiger partial charge in [0, 0.05) is 37.4 Å². The lowest BCUT2D eigenvalue weighted by Gasteiger charge is -2.23. The Hall–Kier alpha value is -1.92. The predicted octanol–water partition coefficient (Wildman–Crippen LogP) is 1.63. The van der Waals surface area contributed by atoms with E-state index >= 15 is 0 Å². The first kappa shape index (κ1) is 16.9. The third kappa shape index (κ3) is 4.33. The van der Waals surface area contributed by atoms with E-state index in [1.807, 2.05) is 4.90 Å². The second-order valence-electron chi connectivity index (χ2n) is 6.34. The van der Waals surface area contributed by atoms with E-state index in [0.717, 1.165) is 32.5 Å². The van der Waals surface area contributed by atoms with E-state index in [2.05, 4.69) is 10.6 Å². The smallest absolute Gasteiger partial charge is 0.254 e. The van der Waals surface area contributed by atoms with E-state index in [1.165, 1.54) is 12.8 Å². The normalized spacial score (nSPS) is 21.8. The molecule has 2 amide bonds. The van der Waals surface area contributed by atoms with E-state index in [-0.39, 0.29) is 11.8 Å². The van der Waals surface area contributed by atoms with Crippen molar-refractivity contribution in [2.45, 2.75) is 31.8 Å². The van der Waals surface area contributed by atoms with E-state index in [1.54, 1.807) is 24.3 Å². The number of carbonyl (C=O) groups excluding carboxylic acids is 2. The van der Waals surface area contributed by atoms with Crippen molar-refractivity contribution in [2.75, 3.05) is 38.1 Å². The van der Waals surface area contributed by atoms with Gasteiger partial charge in [0.15, 0.2) is 0 Å². The van der Waals surface area contributed by atoms with Crippen LogP contribution < -0.4 is 10.6 Å². The highest BCUT2D eigenvalue weighted by atomic mass is 16.5. The summed E-state index contributed by atoms with van der Waals surface area (Å²) in [5.74, 6) is -0.0802. The SMILES string of the molecule is O=C(Nc1ccc(C(=O)N2CCCCCC2)cc1)C1CNCCO1. The van der Waals surface area contributed by atoms with Crippen LogP contribution >= 0.6 is 0 Å². The molecule has 2 heterocycles. The number of amides is 2. The Bertz CT molecular complexity index is 559. The highest BCUT2D eigenvalue weighted by Crippen LogP contribution is 2.16. The number of rotatable bonds is 3. The van der Waals surface area contributed by atoms with E-state index in [4.69, 9.17) is 4.74 Å². The number of morpholine rings is 1. The summed E-state index contributed by atoms with van der Waals surface area (Å²) >= 11 is 0. The molecule has 6 nitrogen and oxygen atoms in total. The van der Waals surface area contributed by atoms with Gasteiger partial charge in [-0.3, -0.25) is 9.59 Å². The highest BCUT2D eigenvalue weighted by molar-refractivity contribution is 5.97. The van der Waals surface area contributed by atoms with Crippen LogP contribution in [-0.2, 0) is 9.53 Å². The first-order chi connectivity index (χ1) is 11.7.